The number of rotatable bonds is 6. The minimum absolute atomic E-state index is 0.290. The zero-order valence-electron chi connectivity index (χ0n) is 11.9. The Morgan fingerprint density at radius 2 is 2.26 bits per heavy atom. The van der Waals surface area contributed by atoms with Gasteiger partial charge in [0.25, 0.3) is 0 Å². The molecule has 19 heavy (non-hydrogen) atoms. The highest BCUT2D eigenvalue weighted by Crippen LogP contribution is 2.27. The Morgan fingerprint density at radius 1 is 1.47 bits per heavy atom. The van der Waals surface area contributed by atoms with Crippen molar-refractivity contribution in [1.82, 2.24) is 14.7 Å². The van der Waals surface area contributed by atoms with Gasteiger partial charge in [0, 0.05) is 31.8 Å². The molecule has 0 spiro atoms. The zero-order valence-corrected chi connectivity index (χ0v) is 12.7. The number of hydrogen-bond acceptors (Lipinski definition) is 3. The van der Waals surface area contributed by atoms with Gasteiger partial charge < -0.3 is 5.11 Å². The van der Waals surface area contributed by atoms with E-state index in [2.05, 4.69) is 16.9 Å². The quantitative estimate of drug-likeness (QED) is 0.872. The average Bonchev–Trinajstić information content (AvgIpc) is 2.96. The van der Waals surface area contributed by atoms with E-state index in [4.69, 9.17) is 16.7 Å². The SMILES string of the molecule is CCc1nn(C)c(Cl)c1CN1CCCC1CCCO. The van der Waals surface area contributed by atoms with Gasteiger partial charge in [-0.1, -0.05) is 18.5 Å². The van der Waals surface area contributed by atoms with Gasteiger partial charge in [0.05, 0.1) is 5.69 Å². The van der Waals surface area contributed by atoms with Gasteiger partial charge in [-0.3, -0.25) is 9.58 Å². The van der Waals surface area contributed by atoms with E-state index in [9.17, 15) is 0 Å². The van der Waals surface area contributed by atoms with Crippen molar-refractivity contribution in [2.45, 2.75) is 51.6 Å². The molecule has 1 aliphatic rings. The zero-order chi connectivity index (χ0) is 13.8. The second-order valence-electron chi connectivity index (χ2n) is 5.33. The van der Waals surface area contributed by atoms with Crippen LogP contribution >= 0.6 is 11.6 Å². The van der Waals surface area contributed by atoms with Crippen molar-refractivity contribution in [1.29, 1.82) is 0 Å². The van der Waals surface area contributed by atoms with Gasteiger partial charge in [0.15, 0.2) is 0 Å². The van der Waals surface area contributed by atoms with E-state index >= 15 is 0 Å². The molecule has 5 heteroatoms. The minimum atomic E-state index is 0.290. The Kier molecular flexibility index (Phi) is 5.25. The van der Waals surface area contributed by atoms with E-state index in [1.54, 1.807) is 4.68 Å². The first-order valence-electron chi connectivity index (χ1n) is 7.22. The Labute approximate surface area is 120 Å². The molecule has 1 N–H and O–H groups in total. The van der Waals surface area contributed by atoms with E-state index in [1.807, 2.05) is 7.05 Å². The molecule has 1 unspecified atom stereocenters. The molecule has 0 amide bonds. The lowest BCUT2D eigenvalue weighted by Gasteiger charge is -2.24. The van der Waals surface area contributed by atoms with Crippen molar-refractivity contribution in [2.24, 2.45) is 7.05 Å². The molecule has 4 nitrogen and oxygen atoms in total. The molecule has 0 aliphatic carbocycles. The Morgan fingerprint density at radius 3 is 2.95 bits per heavy atom. The van der Waals surface area contributed by atoms with Crippen LogP contribution in [0.4, 0.5) is 0 Å². The summed E-state index contributed by atoms with van der Waals surface area (Å²) in [4.78, 5) is 2.50. The van der Waals surface area contributed by atoms with Crippen LogP contribution in [-0.2, 0) is 20.0 Å². The molecule has 2 heterocycles. The molecule has 0 bridgehead atoms. The lowest BCUT2D eigenvalue weighted by molar-refractivity contribution is 0.210. The molecule has 1 atom stereocenters. The maximum absolute atomic E-state index is 8.98. The lowest BCUT2D eigenvalue weighted by atomic mass is 10.1. The molecular weight excluding hydrogens is 262 g/mol. The number of hydrogen-bond donors (Lipinski definition) is 1. The van der Waals surface area contributed by atoms with Crippen molar-refractivity contribution in [3.63, 3.8) is 0 Å². The van der Waals surface area contributed by atoms with E-state index in [0.29, 0.717) is 6.04 Å². The monoisotopic (exact) mass is 285 g/mol. The fourth-order valence-electron chi connectivity index (χ4n) is 3.00. The van der Waals surface area contributed by atoms with Crippen LogP contribution in [0.5, 0.6) is 0 Å². The van der Waals surface area contributed by atoms with Gasteiger partial charge in [-0.15, -0.1) is 0 Å². The van der Waals surface area contributed by atoms with Gasteiger partial charge in [0.1, 0.15) is 5.15 Å². The summed E-state index contributed by atoms with van der Waals surface area (Å²) >= 11 is 6.36. The molecule has 2 rings (SSSR count). The molecule has 1 aromatic rings. The molecule has 1 aliphatic heterocycles. The number of aryl methyl sites for hydroxylation is 2. The van der Waals surface area contributed by atoms with Crippen molar-refractivity contribution in [3.8, 4) is 0 Å². The van der Waals surface area contributed by atoms with Crippen LogP contribution in [0.1, 0.15) is 43.9 Å². The van der Waals surface area contributed by atoms with Gasteiger partial charge >= 0.3 is 0 Å². The predicted octanol–water partition coefficient (Wildman–Crippen LogP) is 2.37. The highest BCUT2D eigenvalue weighted by atomic mass is 35.5. The number of halogens is 1. The third kappa shape index (κ3) is 3.30. The summed E-state index contributed by atoms with van der Waals surface area (Å²) in [7, 11) is 1.90. The molecule has 1 aromatic heterocycles. The van der Waals surface area contributed by atoms with E-state index in [-0.39, 0.29) is 6.61 Å². The minimum Gasteiger partial charge on any atom is -0.396 e. The molecule has 0 aromatic carbocycles. The number of likely N-dealkylation sites (tertiary alicyclic amines) is 1. The van der Waals surface area contributed by atoms with Gasteiger partial charge in [-0.25, -0.2) is 0 Å². The number of aromatic nitrogens is 2. The molecule has 108 valence electrons. The Hall–Kier alpha value is -0.580. The standard InChI is InChI=1S/C14H24ClN3O/c1-3-13-12(14(15)17(2)16-13)10-18-8-4-6-11(18)7-5-9-19/h11,19H,3-10H2,1-2H3. The summed E-state index contributed by atoms with van der Waals surface area (Å²) in [5.41, 5.74) is 2.29. The first-order valence-corrected chi connectivity index (χ1v) is 7.60. The number of aliphatic hydroxyl groups is 1. The van der Waals surface area contributed by atoms with Gasteiger partial charge in [0.2, 0.25) is 0 Å². The van der Waals surface area contributed by atoms with Crippen LogP contribution in [0.25, 0.3) is 0 Å². The predicted molar refractivity (Wildman–Crippen MR) is 77.3 cm³/mol. The Balaban J connectivity index is 2.07. The first-order chi connectivity index (χ1) is 9.17. The topological polar surface area (TPSA) is 41.3 Å². The van der Waals surface area contributed by atoms with Gasteiger partial charge in [-0.05, 0) is 38.6 Å². The smallest absolute Gasteiger partial charge is 0.131 e. The van der Waals surface area contributed by atoms with Gasteiger partial charge in [-0.2, -0.15) is 5.10 Å². The third-order valence-electron chi connectivity index (χ3n) is 4.04. The van der Waals surface area contributed by atoms with Crippen LogP contribution in [0.2, 0.25) is 5.15 Å². The fraction of sp³-hybridized carbons (Fsp3) is 0.786. The number of nitrogens with zero attached hydrogens (tertiary/aromatic N) is 3. The second-order valence-corrected chi connectivity index (χ2v) is 5.68. The van der Waals surface area contributed by atoms with E-state index in [0.717, 1.165) is 43.2 Å². The normalized spacial score (nSPS) is 20.3. The maximum atomic E-state index is 8.98. The fourth-order valence-corrected chi connectivity index (χ4v) is 3.21. The summed E-state index contributed by atoms with van der Waals surface area (Å²) in [5.74, 6) is 0. The number of aliphatic hydroxyl groups excluding tert-OH is 1. The molecule has 1 fully saturated rings. The summed E-state index contributed by atoms with van der Waals surface area (Å²) < 4.78 is 1.77. The highest BCUT2D eigenvalue weighted by molar-refractivity contribution is 6.30. The lowest BCUT2D eigenvalue weighted by Crippen LogP contribution is -2.29. The van der Waals surface area contributed by atoms with Crippen LogP contribution in [0, 0.1) is 0 Å². The maximum Gasteiger partial charge on any atom is 0.131 e. The summed E-state index contributed by atoms with van der Waals surface area (Å²) in [6.07, 6.45) is 5.37. The van der Waals surface area contributed by atoms with E-state index < -0.39 is 0 Å². The second kappa shape index (κ2) is 6.73. The van der Waals surface area contributed by atoms with Crippen LogP contribution in [-0.4, -0.2) is 39.0 Å². The highest BCUT2D eigenvalue weighted by Gasteiger charge is 2.26. The van der Waals surface area contributed by atoms with Crippen LogP contribution in [0.3, 0.4) is 0 Å². The molecule has 1 saturated heterocycles. The van der Waals surface area contributed by atoms with Crippen LogP contribution in [0.15, 0.2) is 0 Å². The van der Waals surface area contributed by atoms with Crippen molar-refractivity contribution < 1.29 is 5.11 Å². The van der Waals surface area contributed by atoms with Crippen LogP contribution < -0.4 is 0 Å². The summed E-state index contributed by atoms with van der Waals surface area (Å²) in [6.45, 7) is 4.43. The van der Waals surface area contributed by atoms with Crippen molar-refractivity contribution >= 4 is 11.6 Å². The van der Waals surface area contributed by atoms with Crippen molar-refractivity contribution in [2.75, 3.05) is 13.2 Å². The first kappa shape index (κ1) is 14.8. The Bertz CT molecular complexity index is 419. The van der Waals surface area contributed by atoms with Crippen molar-refractivity contribution in [3.05, 3.63) is 16.4 Å². The molecule has 0 radical (unpaired) electrons. The largest absolute Gasteiger partial charge is 0.396 e. The molecular formula is C14H24ClN3O. The van der Waals surface area contributed by atoms with E-state index in [1.165, 1.54) is 18.4 Å². The third-order valence-corrected chi connectivity index (χ3v) is 4.52. The summed E-state index contributed by atoms with van der Waals surface area (Å²) in [5, 5.41) is 14.2. The summed E-state index contributed by atoms with van der Waals surface area (Å²) in [6, 6.07) is 0.591. The molecule has 0 saturated carbocycles. The average molecular weight is 286 g/mol.